The molecule has 9 rings (SSSR count). The molecule has 0 heterocycles. The van der Waals surface area contributed by atoms with Gasteiger partial charge in [-0.15, -0.1) is 0 Å². The fraction of sp³-hybridized carbons (Fsp3) is 0.0769. The maximum Gasteiger partial charge on any atom is 0.298 e. The number of fused-ring (bicyclic) bond motifs is 9. The van der Waals surface area contributed by atoms with Gasteiger partial charge in [0.15, 0.2) is 0 Å². The zero-order chi connectivity index (χ0) is 34.0. The van der Waals surface area contributed by atoms with Crippen molar-refractivity contribution >= 4 is 20.2 Å². The first-order chi connectivity index (χ1) is 23.4. The summed E-state index contributed by atoms with van der Waals surface area (Å²) in [6, 6.07) is 27.6. The molecule has 0 radical (unpaired) electrons. The molecule has 0 saturated heterocycles. The van der Waals surface area contributed by atoms with Crippen LogP contribution in [0, 0.1) is 11.6 Å². The van der Waals surface area contributed by atoms with Crippen LogP contribution in [0.4, 0.5) is 8.78 Å². The molecule has 49 heavy (non-hydrogen) atoms. The van der Waals surface area contributed by atoms with Crippen molar-refractivity contribution in [2.45, 2.75) is 29.1 Å². The summed E-state index contributed by atoms with van der Waals surface area (Å²) in [5, 5.41) is 0. The van der Waals surface area contributed by atoms with E-state index < -0.39 is 41.7 Å². The molecule has 6 aromatic rings. The second-order valence-corrected chi connectivity index (χ2v) is 15.4. The first kappa shape index (κ1) is 30.1. The Hall–Kier alpha value is -5.00. The van der Waals surface area contributed by atoms with Gasteiger partial charge >= 0.3 is 0 Å². The lowest BCUT2D eigenvalue weighted by Crippen LogP contribution is -2.10. The van der Waals surface area contributed by atoms with Gasteiger partial charge < -0.3 is 0 Å². The average Bonchev–Trinajstić information content (AvgIpc) is 3.73. The van der Waals surface area contributed by atoms with Crippen LogP contribution in [0.2, 0.25) is 0 Å². The number of halogens is 2. The molecular formula is C39H24F2O6S2. The molecular weight excluding hydrogens is 667 g/mol. The topological polar surface area (TPSA) is 109 Å². The van der Waals surface area contributed by atoms with Gasteiger partial charge in [0.25, 0.3) is 20.2 Å². The van der Waals surface area contributed by atoms with Crippen LogP contribution in [0.1, 0.15) is 33.4 Å². The second-order valence-electron chi connectivity index (χ2n) is 12.7. The summed E-state index contributed by atoms with van der Waals surface area (Å²) >= 11 is 0. The number of hydrogen-bond donors (Lipinski definition) is 2. The first-order valence-electron chi connectivity index (χ1n) is 15.5. The molecule has 0 bridgehead atoms. The highest BCUT2D eigenvalue weighted by Gasteiger charge is 2.37. The minimum Gasteiger partial charge on any atom is -0.282 e. The van der Waals surface area contributed by atoms with Crippen molar-refractivity contribution < 1.29 is 34.7 Å². The van der Waals surface area contributed by atoms with Gasteiger partial charge in [0.1, 0.15) is 21.4 Å². The van der Waals surface area contributed by atoms with Crippen LogP contribution in [-0.2, 0) is 39.5 Å². The zero-order valence-electron chi connectivity index (χ0n) is 25.5. The van der Waals surface area contributed by atoms with Crippen molar-refractivity contribution in [3.63, 3.8) is 0 Å². The Balaban J connectivity index is 1.47. The third-order valence-corrected chi connectivity index (χ3v) is 11.8. The smallest absolute Gasteiger partial charge is 0.282 e. The summed E-state index contributed by atoms with van der Waals surface area (Å²) in [5.41, 5.74) is 7.81. The normalized spacial score (nSPS) is 13.8. The Morgan fingerprint density at radius 1 is 0.429 bits per heavy atom. The number of hydrogen-bond acceptors (Lipinski definition) is 4. The largest absolute Gasteiger partial charge is 0.298 e. The van der Waals surface area contributed by atoms with E-state index in [9.17, 15) is 25.9 Å². The molecule has 10 heteroatoms. The molecule has 0 aliphatic heterocycles. The Kier molecular flexibility index (Phi) is 6.30. The Labute approximate surface area is 280 Å². The third kappa shape index (κ3) is 4.41. The lowest BCUT2D eigenvalue weighted by atomic mass is 9.84. The summed E-state index contributed by atoms with van der Waals surface area (Å²) in [5.74, 6) is -2.37. The van der Waals surface area contributed by atoms with Gasteiger partial charge in [-0.25, -0.2) is 8.78 Å². The van der Waals surface area contributed by atoms with Crippen LogP contribution in [0.25, 0.3) is 55.6 Å². The summed E-state index contributed by atoms with van der Waals surface area (Å²) in [7, 11) is -10.4. The lowest BCUT2D eigenvalue weighted by Gasteiger charge is -2.22. The van der Waals surface area contributed by atoms with E-state index in [0.29, 0.717) is 45.4 Å². The van der Waals surface area contributed by atoms with Crippen LogP contribution in [0.15, 0.2) is 107 Å². The SMILES string of the molecule is O=S(=O)(O)c1c(F)cc2c(c1-c1cc3c(cc1-c1c4c(cc(F)c1S(=O)(=O)O)-c1ccccc1C4)-c1ccccc1C3)Cc1ccccc1-2. The van der Waals surface area contributed by atoms with Crippen molar-refractivity contribution in [3.05, 3.63) is 142 Å². The summed E-state index contributed by atoms with van der Waals surface area (Å²) < 4.78 is 106. The van der Waals surface area contributed by atoms with Gasteiger partial charge in [-0.2, -0.15) is 16.8 Å². The Morgan fingerprint density at radius 2 is 0.816 bits per heavy atom. The molecule has 0 unspecified atom stereocenters. The first-order valence-corrected chi connectivity index (χ1v) is 18.4. The highest BCUT2D eigenvalue weighted by atomic mass is 32.2. The maximum absolute atomic E-state index is 16.2. The van der Waals surface area contributed by atoms with Crippen LogP contribution >= 0.6 is 0 Å². The monoisotopic (exact) mass is 690 g/mol. The van der Waals surface area contributed by atoms with E-state index in [2.05, 4.69) is 0 Å². The molecule has 6 aromatic carbocycles. The lowest BCUT2D eigenvalue weighted by molar-refractivity contribution is 0.471. The van der Waals surface area contributed by atoms with Crippen molar-refractivity contribution in [2.24, 2.45) is 0 Å². The van der Waals surface area contributed by atoms with E-state index in [-0.39, 0.29) is 35.1 Å². The van der Waals surface area contributed by atoms with Gasteiger partial charge in [0.2, 0.25) is 0 Å². The van der Waals surface area contributed by atoms with E-state index in [0.717, 1.165) is 39.9 Å². The minimum absolute atomic E-state index is 0.0836. The third-order valence-electron chi connectivity index (χ3n) is 10.0. The van der Waals surface area contributed by atoms with Crippen molar-refractivity contribution in [1.82, 2.24) is 0 Å². The molecule has 3 aliphatic rings. The van der Waals surface area contributed by atoms with Crippen LogP contribution in [-0.4, -0.2) is 25.9 Å². The molecule has 3 aliphatic carbocycles. The molecule has 0 saturated carbocycles. The maximum atomic E-state index is 16.2. The van der Waals surface area contributed by atoms with E-state index in [1.165, 1.54) is 0 Å². The number of benzene rings is 6. The minimum atomic E-state index is -5.21. The predicted octanol–water partition coefficient (Wildman–Crippen LogP) is 8.51. The summed E-state index contributed by atoms with van der Waals surface area (Å²) in [6.45, 7) is 0. The van der Waals surface area contributed by atoms with Gasteiger partial charge in [-0.05, 0) is 121 Å². The van der Waals surface area contributed by atoms with Gasteiger partial charge in [0, 0.05) is 11.1 Å². The molecule has 0 aromatic heterocycles. The summed E-state index contributed by atoms with van der Waals surface area (Å²) in [6.07, 6.45) is 0.822. The number of rotatable bonds is 4. The zero-order valence-corrected chi connectivity index (χ0v) is 27.1. The summed E-state index contributed by atoms with van der Waals surface area (Å²) in [4.78, 5) is -1.92. The molecule has 0 atom stereocenters. The Morgan fingerprint density at radius 3 is 1.27 bits per heavy atom. The van der Waals surface area contributed by atoms with Gasteiger partial charge in [-0.3, -0.25) is 9.11 Å². The molecule has 242 valence electrons. The quantitative estimate of drug-likeness (QED) is 0.179. The van der Waals surface area contributed by atoms with Gasteiger partial charge in [-0.1, -0.05) is 72.8 Å². The highest BCUT2D eigenvalue weighted by molar-refractivity contribution is 7.86. The molecule has 0 fully saturated rings. The van der Waals surface area contributed by atoms with Gasteiger partial charge in [0.05, 0.1) is 0 Å². The molecule has 0 amide bonds. The van der Waals surface area contributed by atoms with Crippen LogP contribution < -0.4 is 0 Å². The van der Waals surface area contributed by atoms with Crippen LogP contribution in [0.5, 0.6) is 0 Å². The molecule has 0 spiro atoms. The average molecular weight is 691 g/mol. The van der Waals surface area contributed by atoms with E-state index >= 15 is 8.78 Å². The molecule has 6 nitrogen and oxygen atoms in total. The Bertz CT molecular complexity index is 2720. The highest BCUT2D eigenvalue weighted by Crippen LogP contribution is 2.53. The molecule has 2 N–H and O–H groups in total. The van der Waals surface area contributed by atoms with E-state index in [1.54, 1.807) is 36.4 Å². The van der Waals surface area contributed by atoms with E-state index in [1.807, 2.05) is 48.5 Å². The fourth-order valence-electron chi connectivity index (χ4n) is 8.12. The second kappa shape index (κ2) is 10.3. The fourth-order valence-corrected chi connectivity index (χ4v) is 9.71. The predicted molar refractivity (Wildman–Crippen MR) is 182 cm³/mol. The standard InChI is InChI=1S/C39H24F2O6S2/c40-34-18-28-25-11-5-2-8-21(25)14-30(28)36(38(34)48(42,43)44)32-16-23-13-20-7-1-4-10-24(20)27(23)17-33(32)37-31-15-22-9-3-6-12-26(22)29(31)19-35(41)39(37)49(45,46)47/h1-12,16-19H,13-15H2,(H,42,43,44)(H,45,46,47). The van der Waals surface area contributed by atoms with Crippen LogP contribution in [0.3, 0.4) is 0 Å². The van der Waals surface area contributed by atoms with E-state index in [4.69, 9.17) is 0 Å². The van der Waals surface area contributed by atoms with Crippen molar-refractivity contribution in [1.29, 1.82) is 0 Å². The van der Waals surface area contributed by atoms with Crippen molar-refractivity contribution in [2.75, 3.05) is 0 Å². The van der Waals surface area contributed by atoms with Crippen molar-refractivity contribution in [3.8, 4) is 55.6 Å².